The van der Waals surface area contributed by atoms with Gasteiger partial charge < -0.3 is 0 Å². The van der Waals surface area contributed by atoms with Gasteiger partial charge >= 0.3 is 0 Å². The quantitative estimate of drug-likeness (QED) is 0.220. The van der Waals surface area contributed by atoms with Crippen LogP contribution in [0.3, 0.4) is 0 Å². The van der Waals surface area contributed by atoms with E-state index in [0.29, 0.717) is 0 Å². The van der Waals surface area contributed by atoms with Gasteiger partial charge in [-0.2, -0.15) is 0 Å². The Morgan fingerprint density at radius 3 is 2.57 bits per heavy atom. The summed E-state index contributed by atoms with van der Waals surface area (Å²) in [6.07, 6.45) is 8.22. The first-order valence-corrected chi connectivity index (χ1v) is 1.94. The van der Waals surface area contributed by atoms with E-state index in [0.717, 1.165) is 5.01 Å². The fourth-order valence-corrected chi connectivity index (χ4v) is 0.204. The zero-order valence-electron chi connectivity index (χ0n) is 4.26. The first-order valence-electron chi connectivity index (χ1n) is 1.94. The average molecular weight is 96.1 g/mol. The summed E-state index contributed by atoms with van der Waals surface area (Å²) in [5, 5.41) is 1.15. The van der Waals surface area contributed by atoms with Crippen molar-refractivity contribution in [3.8, 4) is 12.5 Å². The molecule has 2 heteroatoms. The van der Waals surface area contributed by atoms with Crippen LogP contribution in [-0.4, -0.2) is 5.01 Å². The third kappa shape index (κ3) is 2.87. The molecule has 2 nitrogen and oxygen atoms in total. The molecule has 0 saturated heterocycles. The third-order valence-corrected chi connectivity index (χ3v) is 0.459. The molecule has 38 valence electrons. The van der Waals surface area contributed by atoms with E-state index in [1.54, 1.807) is 12.3 Å². The van der Waals surface area contributed by atoms with Crippen LogP contribution in [0.25, 0.3) is 0 Å². The van der Waals surface area contributed by atoms with Crippen LogP contribution < -0.4 is 5.84 Å². The van der Waals surface area contributed by atoms with Gasteiger partial charge in [-0.15, -0.1) is 0 Å². The van der Waals surface area contributed by atoms with Crippen molar-refractivity contribution in [3.05, 3.63) is 12.3 Å². The molecule has 0 aliphatic rings. The third-order valence-electron chi connectivity index (χ3n) is 0.459. The van der Waals surface area contributed by atoms with E-state index < -0.39 is 0 Å². The first-order chi connectivity index (χ1) is 3.31. The number of terminal acetylenes is 1. The molecular weight excluding hydrogens is 88.1 g/mol. The highest BCUT2D eigenvalue weighted by atomic mass is 15.4. The topological polar surface area (TPSA) is 29.3 Å². The highest BCUT2D eigenvalue weighted by Crippen LogP contribution is 1.71. The Labute approximate surface area is 43.6 Å². The van der Waals surface area contributed by atoms with Crippen molar-refractivity contribution in [1.29, 1.82) is 0 Å². The summed E-state index contributed by atoms with van der Waals surface area (Å²) in [4.78, 5) is 0. The number of nitrogens with two attached hydrogens (primary N) is 1. The number of allylic oxidation sites excluding steroid dienone is 1. The van der Waals surface area contributed by atoms with Crippen LogP contribution in [0, 0.1) is 12.5 Å². The van der Waals surface area contributed by atoms with Crippen LogP contribution in [0.4, 0.5) is 0 Å². The molecular formula is C5H8N2. The molecule has 0 saturated carbocycles. The van der Waals surface area contributed by atoms with Crippen molar-refractivity contribution in [2.24, 2.45) is 5.84 Å². The van der Waals surface area contributed by atoms with Gasteiger partial charge in [0.2, 0.25) is 0 Å². The lowest BCUT2D eigenvalue weighted by atomic mass is 10.7. The molecule has 0 aromatic rings. The predicted octanol–water partition coefficient (Wildman–Crippen LogP) is 0.286. The lowest BCUT2D eigenvalue weighted by Gasteiger charge is -1.98. The molecule has 0 heterocycles. The zero-order chi connectivity index (χ0) is 5.70. The van der Waals surface area contributed by atoms with Gasteiger partial charge in [0.1, 0.15) is 0 Å². The molecule has 0 aromatic heterocycles. The SMILES string of the molecule is C#CN(N)/C=C\C. The Hall–Kier alpha value is -0.940. The van der Waals surface area contributed by atoms with E-state index in [1.165, 1.54) is 0 Å². The van der Waals surface area contributed by atoms with Crippen molar-refractivity contribution in [3.63, 3.8) is 0 Å². The molecule has 0 aliphatic heterocycles. The van der Waals surface area contributed by atoms with Gasteiger partial charge in [-0.1, -0.05) is 12.5 Å². The van der Waals surface area contributed by atoms with Gasteiger partial charge in [-0.3, -0.25) is 0 Å². The van der Waals surface area contributed by atoms with E-state index >= 15 is 0 Å². The van der Waals surface area contributed by atoms with E-state index in [1.807, 2.05) is 6.92 Å². The molecule has 0 amide bonds. The fraction of sp³-hybridized carbons (Fsp3) is 0.200. The normalized spacial score (nSPS) is 8.71. The van der Waals surface area contributed by atoms with E-state index in [9.17, 15) is 0 Å². The zero-order valence-corrected chi connectivity index (χ0v) is 4.26. The number of rotatable bonds is 1. The van der Waals surface area contributed by atoms with Crippen molar-refractivity contribution in [2.75, 3.05) is 0 Å². The second-order valence-electron chi connectivity index (χ2n) is 1.02. The second-order valence-corrected chi connectivity index (χ2v) is 1.02. The molecule has 0 bridgehead atoms. The van der Waals surface area contributed by atoms with Crippen LogP contribution in [0.15, 0.2) is 12.3 Å². The van der Waals surface area contributed by atoms with Gasteiger partial charge in [0, 0.05) is 12.2 Å². The van der Waals surface area contributed by atoms with Gasteiger partial charge in [-0.05, 0) is 6.92 Å². The van der Waals surface area contributed by atoms with Gasteiger partial charge in [0.05, 0.1) is 0 Å². The summed E-state index contributed by atoms with van der Waals surface area (Å²) in [6.45, 7) is 1.84. The Bertz CT molecular complexity index is 99.1. The van der Waals surface area contributed by atoms with Crippen molar-refractivity contribution >= 4 is 0 Å². The van der Waals surface area contributed by atoms with Gasteiger partial charge in [0.15, 0.2) is 0 Å². The lowest BCUT2D eigenvalue weighted by molar-refractivity contribution is 0.572. The summed E-state index contributed by atoms with van der Waals surface area (Å²) < 4.78 is 0. The van der Waals surface area contributed by atoms with E-state index in [4.69, 9.17) is 12.3 Å². The Kier molecular flexibility index (Phi) is 2.82. The van der Waals surface area contributed by atoms with Crippen molar-refractivity contribution in [2.45, 2.75) is 6.92 Å². The van der Waals surface area contributed by atoms with Crippen LogP contribution in [-0.2, 0) is 0 Å². The smallest absolute Gasteiger partial charge is 0.0262 e. The number of nitrogens with zero attached hydrogens (tertiary/aromatic N) is 1. The van der Waals surface area contributed by atoms with E-state index in [-0.39, 0.29) is 0 Å². The molecule has 0 fully saturated rings. The largest absolute Gasteiger partial charge is 0.245 e. The molecule has 0 rings (SSSR count). The monoisotopic (exact) mass is 96.1 g/mol. The lowest BCUT2D eigenvalue weighted by Crippen LogP contribution is -2.17. The summed E-state index contributed by atoms with van der Waals surface area (Å²) in [5.74, 6) is 5.09. The maximum atomic E-state index is 5.09. The van der Waals surface area contributed by atoms with Crippen molar-refractivity contribution < 1.29 is 0 Å². The molecule has 7 heavy (non-hydrogen) atoms. The second kappa shape index (κ2) is 3.26. The van der Waals surface area contributed by atoms with Crippen LogP contribution in [0.5, 0.6) is 0 Å². The maximum absolute atomic E-state index is 5.09. The van der Waals surface area contributed by atoms with Crippen molar-refractivity contribution in [1.82, 2.24) is 5.01 Å². The highest BCUT2D eigenvalue weighted by molar-refractivity contribution is 4.89. The summed E-state index contributed by atoms with van der Waals surface area (Å²) >= 11 is 0. The molecule has 0 radical (unpaired) electrons. The fourth-order valence-electron chi connectivity index (χ4n) is 0.204. The minimum atomic E-state index is 1.15. The Morgan fingerprint density at radius 1 is 1.86 bits per heavy atom. The number of hydrogen-bond acceptors (Lipinski definition) is 2. The Balaban J connectivity index is 3.42. The summed E-state index contributed by atoms with van der Waals surface area (Å²) in [5.41, 5.74) is 0. The molecule has 0 aliphatic carbocycles. The first kappa shape index (κ1) is 6.06. The number of hydrazine groups is 1. The average Bonchev–Trinajstić information content (AvgIpc) is 1.68. The number of hydrogen-bond donors (Lipinski definition) is 1. The summed E-state index contributed by atoms with van der Waals surface area (Å²) in [7, 11) is 0. The van der Waals surface area contributed by atoms with E-state index in [2.05, 4.69) is 6.04 Å². The highest BCUT2D eigenvalue weighted by Gasteiger charge is 1.72. The Morgan fingerprint density at radius 2 is 2.43 bits per heavy atom. The maximum Gasteiger partial charge on any atom is 0.0262 e. The predicted molar refractivity (Wildman–Crippen MR) is 29.7 cm³/mol. The van der Waals surface area contributed by atoms with Gasteiger partial charge in [-0.25, -0.2) is 10.9 Å². The van der Waals surface area contributed by atoms with Crippen LogP contribution in [0.2, 0.25) is 0 Å². The molecule has 2 N–H and O–H groups in total. The van der Waals surface area contributed by atoms with Crippen LogP contribution >= 0.6 is 0 Å². The summed E-state index contributed by atoms with van der Waals surface area (Å²) in [6, 6.07) is 2.19. The van der Waals surface area contributed by atoms with Gasteiger partial charge in [0.25, 0.3) is 0 Å². The minimum Gasteiger partial charge on any atom is -0.245 e. The molecule has 0 unspecified atom stereocenters. The minimum absolute atomic E-state index is 1.15. The van der Waals surface area contributed by atoms with Crippen LogP contribution in [0.1, 0.15) is 6.92 Å². The molecule has 0 atom stereocenters. The molecule has 0 aromatic carbocycles. The standard InChI is InChI=1S/C5H8N2/c1-3-5-7(6)4-2/h2-3,5H,6H2,1H3/b5-3-. The molecule has 0 spiro atoms.